The number of amides is 3. The Morgan fingerprint density at radius 2 is 2.00 bits per heavy atom. The van der Waals surface area contributed by atoms with Gasteiger partial charge >= 0.3 is 6.03 Å². The van der Waals surface area contributed by atoms with E-state index in [4.69, 9.17) is 5.73 Å². The van der Waals surface area contributed by atoms with E-state index >= 15 is 0 Å². The molecule has 118 valence electrons. The van der Waals surface area contributed by atoms with Crippen molar-refractivity contribution in [2.75, 3.05) is 32.7 Å². The number of piperidine rings is 1. The van der Waals surface area contributed by atoms with E-state index in [0.29, 0.717) is 19.0 Å². The van der Waals surface area contributed by atoms with Gasteiger partial charge in [-0.3, -0.25) is 4.79 Å². The third kappa shape index (κ3) is 2.86. The largest absolute Gasteiger partial charge is 0.343 e. The molecular formula is C15H26N4O2. The number of urea groups is 1. The number of nitrogens with zero attached hydrogens (tertiary/aromatic N) is 2. The molecule has 0 atom stereocenters. The number of nitrogens with one attached hydrogen (secondary N) is 1. The third-order valence-corrected chi connectivity index (χ3v) is 5.52. The number of carbonyl (C=O) groups excluding carboxylic acids is 2. The van der Waals surface area contributed by atoms with E-state index < -0.39 is 0 Å². The van der Waals surface area contributed by atoms with E-state index in [0.717, 1.165) is 51.9 Å². The van der Waals surface area contributed by atoms with Gasteiger partial charge in [0.2, 0.25) is 5.91 Å². The molecule has 3 rings (SSSR count). The second-order valence-corrected chi connectivity index (χ2v) is 6.77. The summed E-state index contributed by atoms with van der Waals surface area (Å²) < 4.78 is 0. The fourth-order valence-corrected chi connectivity index (χ4v) is 3.82. The van der Waals surface area contributed by atoms with Gasteiger partial charge in [-0.25, -0.2) is 4.79 Å². The summed E-state index contributed by atoms with van der Waals surface area (Å²) in [5, 5.41) is 2.85. The highest BCUT2D eigenvalue weighted by Gasteiger charge is 2.39. The van der Waals surface area contributed by atoms with Crippen molar-refractivity contribution >= 4 is 11.9 Å². The molecule has 0 aromatic carbocycles. The average Bonchev–Trinajstić information content (AvgIpc) is 2.89. The summed E-state index contributed by atoms with van der Waals surface area (Å²) in [5.74, 6) is 0.254. The molecule has 2 saturated heterocycles. The minimum absolute atomic E-state index is 0.0522. The molecule has 0 aromatic rings. The number of rotatable bonds is 4. The standard InChI is InChI=1S/C15H26N4O2/c16-11-15(4-1-5-15)10-13(20)18-7-2-12(3-8-18)19-9-6-17-14(19)21/h12H,1-11,16H2,(H,17,21). The molecule has 3 amide bonds. The summed E-state index contributed by atoms with van der Waals surface area (Å²) in [5.41, 5.74) is 5.93. The van der Waals surface area contributed by atoms with Crippen LogP contribution in [0.2, 0.25) is 0 Å². The molecule has 1 saturated carbocycles. The van der Waals surface area contributed by atoms with Crippen LogP contribution >= 0.6 is 0 Å². The lowest BCUT2D eigenvalue weighted by atomic mass is 9.66. The highest BCUT2D eigenvalue weighted by Crippen LogP contribution is 2.43. The van der Waals surface area contributed by atoms with E-state index in [9.17, 15) is 9.59 Å². The summed E-state index contributed by atoms with van der Waals surface area (Å²) in [6, 6.07) is 0.347. The maximum Gasteiger partial charge on any atom is 0.317 e. The van der Waals surface area contributed by atoms with Crippen LogP contribution in [0.1, 0.15) is 38.5 Å². The minimum Gasteiger partial charge on any atom is -0.343 e. The monoisotopic (exact) mass is 294 g/mol. The van der Waals surface area contributed by atoms with Crippen LogP contribution in [0.5, 0.6) is 0 Å². The van der Waals surface area contributed by atoms with Crippen molar-refractivity contribution in [1.82, 2.24) is 15.1 Å². The lowest BCUT2D eigenvalue weighted by Crippen LogP contribution is -2.49. The number of nitrogens with two attached hydrogens (primary N) is 1. The molecule has 3 fully saturated rings. The van der Waals surface area contributed by atoms with Gasteiger partial charge in [0.15, 0.2) is 0 Å². The van der Waals surface area contributed by atoms with Gasteiger partial charge in [0.1, 0.15) is 0 Å². The van der Waals surface area contributed by atoms with Gasteiger partial charge in [0.25, 0.3) is 0 Å². The highest BCUT2D eigenvalue weighted by molar-refractivity contribution is 5.78. The summed E-state index contributed by atoms with van der Waals surface area (Å²) in [6.45, 7) is 3.72. The molecule has 0 radical (unpaired) electrons. The lowest BCUT2D eigenvalue weighted by molar-refractivity contribution is -0.136. The van der Waals surface area contributed by atoms with Crippen LogP contribution in [0.4, 0.5) is 4.79 Å². The Kier molecular flexibility index (Phi) is 4.06. The maximum atomic E-state index is 12.4. The van der Waals surface area contributed by atoms with Crippen molar-refractivity contribution in [1.29, 1.82) is 0 Å². The Morgan fingerprint density at radius 3 is 2.48 bits per heavy atom. The number of hydrogen-bond donors (Lipinski definition) is 2. The highest BCUT2D eigenvalue weighted by atomic mass is 16.2. The van der Waals surface area contributed by atoms with Crippen LogP contribution in [0.15, 0.2) is 0 Å². The zero-order chi connectivity index (χ0) is 14.9. The maximum absolute atomic E-state index is 12.4. The molecule has 6 nitrogen and oxygen atoms in total. The van der Waals surface area contributed by atoms with Crippen molar-refractivity contribution in [3.8, 4) is 0 Å². The zero-order valence-corrected chi connectivity index (χ0v) is 12.6. The Bertz CT molecular complexity index is 408. The minimum atomic E-state index is 0.0522. The fourth-order valence-electron chi connectivity index (χ4n) is 3.82. The first-order valence-corrected chi connectivity index (χ1v) is 8.16. The van der Waals surface area contributed by atoms with Gasteiger partial charge in [-0.05, 0) is 37.6 Å². The molecule has 6 heteroatoms. The quantitative estimate of drug-likeness (QED) is 0.793. The summed E-state index contributed by atoms with van der Waals surface area (Å²) in [7, 11) is 0. The SMILES string of the molecule is NCC1(CC(=O)N2CCC(N3CCNC3=O)CC2)CCC1. The van der Waals surface area contributed by atoms with Crippen LogP contribution in [-0.2, 0) is 4.79 Å². The second-order valence-electron chi connectivity index (χ2n) is 6.77. The van der Waals surface area contributed by atoms with Crippen molar-refractivity contribution in [3.63, 3.8) is 0 Å². The van der Waals surface area contributed by atoms with Gasteiger partial charge in [-0.2, -0.15) is 0 Å². The first-order valence-electron chi connectivity index (χ1n) is 8.16. The van der Waals surface area contributed by atoms with Crippen LogP contribution in [-0.4, -0.2) is 60.5 Å². The van der Waals surface area contributed by atoms with Crippen molar-refractivity contribution in [3.05, 3.63) is 0 Å². The third-order valence-electron chi connectivity index (χ3n) is 5.52. The van der Waals surface area contributed by atoms with Gasteiger partial charge in [-0.1, -0.05) is 6.42 Å². The Hall–Kier alpha value is -1.30. The van der Waals surface area contributed by atoms with E-state index in [-0.39, 0.29) is 17.4 Å². The lowest BCUT2D eigenvalue weighted by Gasteiger charge is -2.43. The molecule has 2 aliphatic heterocycles. The Labute approximate surface area is 126 Å². The molecule has 0 bridgehead atoms. The van der Waals surface area contributed by atoms with E-state index in [1.165, 1.54) is 6.42 Å². The van der Waals surface area contributed by atoms with Gasteiger partial charge in [0, 0.05) is 38.6 Å². The molecule has 3 aliphatic rings. The number of likely N-dealkylation sites (tertiary alicyclic amines) is 1. The molecule has 3 N–H and O–H groups in total. The molecule has 0 aromatic heterocycles. The molecule has 0 spiro atoms. The zero-order valence-electron chi connectivity index (χ0n) is 12.6. The second kappa shape index (κ2) is 5.83. The molecule has 0 unspecified atom stereocenters. The summed E-state index contributed by atoms with van der Waals surface area (Å²) in [4.78, 5) is 28.0. The van der Waals surface area contributed by atoms with E-state index in [1.807, 2.05) is 9.80 Å². The van der Waals surface area contributed by atoms with Crippen molar-refractivity contribution < 1.29 is 9.59 Å². The van der Waals surface area contributed by atoms with Gasteiger partial charge in [-0.15, -0.1) is 0 Å². The van der Waals surface area contributed by atoms with E-state index in [2.05, 4.69) is 5.32 Å². The molecular weight excluding hydrogens is 268 g/mol. The summed E-state index contributed by atoms with van der Waals surface area (Å²) in [6.07, 6.45) is 5.80. The van der Waals surface area contributed by atoms with Crippen LogP contribution in [0.25, 0.3) is 0 Å². The number of hydrogen-bond acceptors (Lipinski definition) is 3. The number of carbonyl (C=O) groups is 2. The fraction of sp³-hybridized carbons (Fsp3) is 0.867. The van der Waals surface area contributed by atoms with Crippen molar-refractivity contribution in [2.24, 2.45) is 11.1 Å². The van der Waals surface area contributed by atoms with Crippen molar-refractivity contribution in [2.45, 2.75) is 44.6 Å². The normalized spacial score (nSPS) is 25.7. The molecule has 2 heterocycles. The topological polar surface area (TPSA) is 78.7 Å². The Balaban J connectivity index is 1.49. The molecule has 1 aliphatic carbocycles. The van der Waals surface area contributed by atoms with Crippen LogP contribution < -0.4 is 11.1 Å². The summed E-state index contributed by atoms with van der Waals surface area (Å²) >= 11 is 0. The average molecular weight is 294 g/mol. The Morgan fingerprint density at radius 1 is 1.29 bits per heavy atom. The van der Waals surface area contributed by atoms with Crippen LogP contribution in [0, 0.1) is 5.41 Å². The first-order chi connectivity index (χ1) is 10.1. The smallest absolute Gasteiger partial charge is 0.317 e. The predicted octanol–water partition coefficient (Wildman–Crippen LogP) is 0.522. The van der Waals surface area contributed by atoms with Crippen LogP contribution in [0.3, 0.4) is 0 Å². The van der Waals surface area contributed by atoms with Gasteiger partial charge in [0.05, 0.1) is 0 Å². The predicted molar refractivity (Wildman–Crippen MR) is 79.7 cm³/mol. The molecule has 21 heavy (non-hydrogen) atoms. The van der Waals surface area contributed by atoms with E-state index in [1.54, 1.807) is 0 Å². The first kappa shape index (κ1) is 14.6. The van der Waals surface area contributed by atoms with Gasteiger partial charge < -0.3 is 20.9 Å².